The summed E-state index contributed by atoms with van der Waals surface area (Å²) >= 11 is 5.79. The van der Waals surface area contributed by atoms with Crippen LogP contribution >= 0.6 is 11.6 Å². The highest BCUT2D eigenvalue weighted by Crippen LogP contribution is 2.21. The van der Waals surface area contributed by atoms with E-state index in [-0.39, 0.29) is 12.4 Å². The first-order valence-electron chi connectivity index (χ1n) is 5.68. The molecule has 0 aliphatic rings. The molecule has 3 heteroatoms. The average Bonchev–Trinajstić information content (AvgIpc) is 2.41. The van der Waals surface area contributed by atoms with Crippen LogP contribution in [-0.2, 0) is 0 Å². The van der Waals surface area contributed by atoms with Gasteiger partial charge in [-0.25, -0.2) is 0 Å². The number of halogens is 1. The molecule has 0 amide bonds. The molecule has 1 unspecified atom stereocenters. The highest BCUT2D eigenvalue weighted by molar-refractivity contribution is 6.30. The quantitative estimate of drug-likeness (QED) is 0.857. The van der Waals surface area contributed by atoms with Gasteiger partial charge in [0.1, 0.15) is 0 Å². The molecule has 1 N–H and O–H groups in total. The summed E-state index contributed by atoms with van der Waals surface area (Å²) in [5, 5.41) is 10.0. The van der Waals surface area contributed by atoms with Gasteiger partial charge < -0.3 is 5.11 Å². The maximum Gasteiger partial charge on any atom is 0.172 e. The van der Waals surface area contributed by atoms with Crippen molar-refractivity contribution in [2.75, 3.05) is 6.61 Å². The largest absolute Gasteiger partial charge is 0.395 e. The van der Waals surface area contributed by atoms with Gasteiger partial charge in [0, 0.05) is 10.6 Å². The third-order valence-corrected chi connectivity index (χ3v) is 3.08. The predicted molar refractivity (Wildman–Crippen MR) is 72.1 cm³/mol. The van der Waals surface area contributed by atoms with Crippen molar-refractivity contribution in [2.45, 2.75) is 5.92 Å². The van der Waals surface area contributed by atoms with Crippen molar-refractivity contribution in [1.29, 1.82) is 0 Å². The first-order chi connectivity index (χ1) is 8.72. The molecule has 2 aromatic carbocycles. The minimum atomic E-state index is -0.521. The van der Waals surface area contributed by atoms with Crippen molar-refractivity contribution >= 4 is 17.4 Å². The second-order valence-electron chi connectivity index (χ2n) is 4.02. The molecule has 2 rings (SSSR count). The second kappa shape index (κ2) is 5.80. The molecule has 0 heterocycles. The molecule has 0 aliphatic carbocycles. The number of Topliss-reactive ketones (excluding diaryl/α,β-unsaturated/α-hetero) is 1. The SMILES string of the molecule is O=C(c1ccc(Cl)cc1)C(CO)c1ccccc1. The van der Waals surface area contributed by atoms with Crippen molar-refractivity contribution in [3.63, 3.8) is 0 Å². The Morgan fingerprint density at radius 2 is 1.67 bits per heavy atom. The highest BCUT2D eigenvalue weighted by atomic mass is 35.5. The molecule has 0 fully saturated rings. The summed E-state index contributed by atoms with van der Waals surface area (Å²) in [5.41, 5.74) is 1.38. The summed E-state index contributed by atoms with van der Waals surface area (Å²) in [6, 6.07) is 16.0. The minimum absolute atomic E-state index is 0.0969. The minimum Gasteiger partial charge on any atom is -0.395 e. The van der Waals surface area contributed by atoms with Crippen LogP contribution < -0.4 is 0 Å². The van der Waals surface area contributed by atoms with Crippen LogP contribution in [0.5, 0.6) is 0 Å². The van der Waals surface area contributed by atoms with Crippen LogP contribution in [0.25, 0.3) is 0 Å². The Balaban J connectivity index is 2.28. The number of ketones is 1. The molecular formula is C15H13ClO2. The molecule has 0 aliphatic heterocycles. The van der Waals surface area contributed by atoms with E-state index in [2.05, 4.69) is 0 Å². The summed E-state index contributed by atoms with van der Waals surface area (Å²) in [6.07, 6.45) is 0. The van der Waals surface area contributed by atoms with Gasteiger partial charge in [0.15, 0.2) is 5.78 Å². The van der Waals surface area contributed by atoms with Gasteiger partial charge in [-0.3, -0.25) is 4.79 Å². The molecule has 2 nitrogen and oxygen atoms in total. The van der Waals surface area contributed by atoms with E-state index in [1.54, 1.807) is 24.3 Å². The molecule has 18 heavy (non-hydrogen) atoms. The van der Waals surface area contributed by atoms with E-state index in [0.717, 1.165) is 5.56 Å². The van der Waals surface area contributed by atoms with E-state index in [1.807, 2.05) is 30.3 Å². The van der Waals surface area contributed by atoms with Crippen LogP contribution in [-0.4, -0.2) is 17.5 Å². The van der Waals surface area contributed by atoms with Crippen LogP contribution in [0.3, 0.4) is 0 Å². The lowest BCUT2D eigenvalue weighted by atomic mass is 9.91. The first-order valence-corrected chi connectivity index (χ1v) is 6.05. The monoisotopic (exact) mass is 260 g/mol. The zero-order valence-electron chi connectivity index (χ0n) is 9.71. The molecule has 1 atom stereocenters. The van der Waals surface area contributed by atoms with Crippen LogP contribution in [0, 0.1) is 0 Å². The van der Waals surface area contributed by atoms with Crippen molar-refractivity contribution in [3.05, 3.63) is 70.7 Å². The van der Waals surface area contributed by atoms with E-state index in [1.165, 1.54) is 0 Å². The number of carbonyl (C=O) groups excluding carboxylic acids is 1. The first kappa shape index (κ1) is 12.8. The van der Waals surface area contributed by atoms with E-state index >= 15 is 0 Å². The van der Waals surface area contributed by atoms with Gasteiger partial charge in [-0.15, -0.1) is 0 Å². The number of aliphatic hydroxyl groups excluding tert-OH is 1. The Morgan fingerprint density at radius 1 is 1.06 bits per heavy atom. The number of carbonyl (C=O) groups is 1. The number of hydrogen-bond acceptors (Lipinski definition) is 2. The Kier molecular flexibility index (Phi) is 4.13. The Morgan fingerprint density at radius 3 is 2.22 bits per heavy atom. The van der Waals surface area contributed by atoms with E-state index in [4.69, 9.17) is 11.6 Å². The van der Waals surface area contributed by atoms with Crippen LogP contribution in [0.1, 0.15) is 21.8 Å². The maximum atomic E-state index is 12.3. The lowest BCUT2D eigenvalue weighted by Crippen LogP contribution is -2.16. The van der Waals surface area contributed by atoms with Gasteiger partial charge in [0.25, 0.3) is 0 Å². The molecule has 0 aromatic heterocycles. The number of hydrogen-bond donors (Lipinski definition) is 1. The molecule has 0 radical (unpaired) electrons. The van der Waals surface area contributed by atoms with Crippen molar-refractivity contribution in [3.8, 4) is 0 Å². The molecule has 0 bridgehead atoms. The lowest BCUT2D eigenvalue weighted by molar-refractivity contribution is 0.0922. The lowest BCUT2D eigenvalue weighted by Gasteiger charge is -2.13. The maximum absolute atomic E-state index is 12.3. The molecule has 2 aromatic rings. The van der Waals surface area contributed by atoms with Gasteiger partial charge in [-0.05, 0) is 29.8 Å². The van der Waals surface area contributed by atoms with Crippen LogP contribution in [0.4, 0.5) is 0 Å². The Bertz CT molecular complexity index is 520. The number of rotatable bonds is 4. The van der Waals surface area contributed by atoms with E-state index < -0.39 is 5.92 Å². The summed E-state index contributed by atoms with van der Waals surface area (Å²) in [4.78, 5) is 12.3. The summed E-state index contributed by atoms with van der Waals surface area (Å²) in [7, 11) is 0. The molecule has 0 spiro atoms. The topological polar surface area (TPSA) is 37.3 Å². The summed E-state index contributed by atoms with van der Waals surface area (Å²) in [5.74, 6) is -0.618. The normalized spacial score (nSPS) is 12.1. The second-order valence-corrected chi connectivity index (χ2v) is 4.45. The third-order valence-electron chi connectivity index (χ3n) is 2.83. The van der Waals surface area contributed by atoms with Crippen molar-refractivity contribution in [1.82, 2.24) is 0 Å². The highest BCUT2D eigenvalue weighted by Gasteiger charge is 2.20. The van der Waals surface area contributed by atoms with Gasteiger partial charge in [-0.2, -0.15) is 0 Å². The van der Waals surface area contributed by atoms with E-state index in [0.29, 0.717) is 10.6 Å². The fourth-order valence-corrected chi connectivity index (χ4v) is 1.97. The zero-order valence-corrected chi connectivity index (χ0v) is 10.5. The molecule has 0 saturated carbocycles. The third kappa shape index (κ3) is 2.78. The fraction of sp³-hybridized carbons (Fsp3) is 0.133. The molecular weight excluding hydrogens is 248 g/mol. The molecule has 92 valence electrons. The smallest absolute Gasteiger partial charge is 0.172 e. The van der Waals surface area contributed by atoms with E-state index in [9.17, 15) is 9.90 Å². The van der Waals surface area contributed by atoms with Crippen molar-refractivity contribution in [2.24, 2.45) is 0 Å². The van der Waals surface area contributed by atoms with Gasteiger partial charge in [0.2, 0.25) is 0 Å². The van der Waals surface area contributed by atoms with Gasteiger partial charge >= 0.3 is 0 Å². The number of aliphatic hydroxyl groups is 1. The van der Waals surface area contributed by atoms with Crippen molar-refractivity contribution < 1.29 is 9.90 Å². The Hall–Kier alpha value is -1.64. The molecule has 0 saturated heterocycles. The summed E-state index contributed by atoms with van der Waals surface area (Å²) in [6.45, 7) is -0.203. The standard InChI is InChI=1S/C15H13ClO2/c16-13-8-6-12(7-9-13)15(18)14(10-17)11-4-2-1-3-5-11/h1-9,14,17H,10H2. The van der Waals surface area contributed by atoms with Crippen LogP contribution in [0.2, 0.25) is 5.02 Å². The fourth-order valence-electron chi connectivity index (χ4n) is 1.84. The Labute approximate surface area is 111 Å². The average molecular weight is 261 g/mol. The zero-order chi connectivity index (χ0) is 13.0. The number of benzene rings is 2. The van der Waals surface area contributed by atoms with Gasteiger partial charge in [-0.1, -0.05) is 41.9 Å². The predicted octanol–water partition coefficient (Wildman–Crippen LogP) is 3.30. The van der Waals surface area contributed by atoms with Crippen LogP contribution in [0.15, 0.2) is 54.6 Å². The summed E-state index contributed by atoms with van der Waals surface area (Å²) < 4.78 is 0. The van der Waals surface area contributed by atoms with Gasteiger partial charge in [0.05, 0.1) is 12.5 Å².